The van der Waals surface area contributed by atoms with E-state index in [0.29, 0.717) is 5.92 Å². The topological polar surface area (TPSA) is 72.6 Å². The lowest BCUT2D eigenvalue weighted by Gasteiger charge is -2.18. The average molecular weight is 321 g/mol. The predicted molar refractivity (Wildman–Crippen MR) is 90.6 cm³/mol. The maximum absolute atomic E-state index is 4.64. The minimum atomic E-state index is 0.386. The van der Waals surface area contributed by atoms with Gasteiger partial charge < -0.3 is 9.47 Å². The monoisotopic (exact) mass is 321 g/mol. The third-order valence-corrected chi connectivity index (χ3v) is 4.42. The van der Waals surface area contributed by atoms with Crippen molar-refractivity contribution in [3.8, 4) is 11.3 Å². The molecule has 0 bridgehead atoms. The van der Waals surface area contributed by atoms with Gasteiger partial charge in [-0.1, -0.05) is 0 Å². The van der Waals surface area contributed by atoms with E-state index >= 15 is 0 Å². The average Bonchev–Trinajstić information content (AvgIpc) is 3.24. The Balaban J connectivity index is 1.61. The van der Waals surface area contributed by atoms with Gasteiger partial charge in [-0.25, -0.2) is 9.97 Å². The molecule has 7 heteroatoms. The minimum Gasteiger partial charge on any atom is -0.356 e. The third-order valence-electron chi connectivity index (χ3n) is 4.42. The zero-order chi connectivity index (χ0) is 16.5. The second-order valence-electron chi connectivity index (χ2n) is 6.13. The van der Waals surface area contributed by atoms with Crippen LogP contribution in [0.25, 0.3) is 11.3 Å². The van der Waals surface area contributed by atoms with Crippen molar-refractivity contribution >= 4 is 5.82 Å². The maximum atomic E-state index is 4.64. The number of hydrogen-bond acceptors (Lipinski definition) is 6. The standard InChI is InChI=1S/C17H19N7/c1-12-20-15(13-3-6-18-7-4-13)9-16(21-12)24-8-5-14(10-24)17-22-19-11-23(17)2/h3-4,6-7,9,11,14H,5,8,10H2,1-2H3. The number of hydrogen-bond donors (Lipinski definition) is 0. The van der Waals surface area contributed by atoms with Gasteiger partial charge in [0.05, 0.1) is 5.69 Å². The summed E-state index contributed by atoms with van der Waals surface area (Å²) >= 11 is 0. The van der Waals surface area contributed by atoms with E-state index in [0.717, 1.165) is 48.2 Å². The van der Waals surface area contributed by atoms with Crippen LogP contribution in [0.15, 0.2) is 36.9 Å². The Morgan fingerprint density at radius 3 is 2.75 bits per heavy atom. The van der Waals surface area contributed by atoms with Crippen molar-refractivity contribution in [3.05, 3.63) is 48.6 Å². The highest BCUT2D eigenvalue weighted by Crippen LogP contribution is 2.30. The molecule has 1 saturated heterocycles. The molecule has 1 atom stereocenters. The molecule has 0 N–H and O–H groups in total. The molecule has 4 heterocycles. The van der Waals surface area contributed by atoms with Crippen molar-refractivity contribution in [2.45, 2.75) is 19.3 Å². The first kappa shape index (κ1) is 14.7. The number of rotatable bonds is 3. The fourth-order valence-corrected chi connectivity index (χ4v) is 3.23. The van der Waals surface area contributed by atoms with E-state index in [4.69, 9.17) is 0 Å². The number of aryl methyl sites for hydroxylation is 2. The van der Waals surface area contributed by atoms with Gasteiger partial charge in [-0.15, -0.1) is 10.2 Å². The Morgan fingerprint density at radius 1 is 1.17 bits per heavy atom. The van der Waals surface area contributed by atoms with Gasteiger partial charge in [0.2, 0.25) is 0 Å². The van der Waals surface area contributed by atoms with Crippen molar-refractivity contribution in [1.82, 2.24) is 29.7 Å². The molecule has 0 radical (unpaired) electrons. The molecule has 0 saturated carbocycles. The SMILES string of the molecule is Cc1nc(-c2ccncc2)cc(N2CCC(c3nncn3C)C2)n1. The predicted octanol–water partition coefficient (Wildman–Crippen LogP) is 1.97. The first-order valence-corrected chi connectivity index (χ1v) is 8.05. The summed E-state index contributed by atoms with van der Waals surface area (Å²) in [6.07, 6.45) is 6.38. The van der Waals surface area contributed by atoms with E-state index in [1.165, 1.54) is 0 Å². The zero-order valence-electron chi connectivity index (χ0n) is 13.8. The van der Waals surface area contributed by atoms with Gasteiger partial charge >= 0.3 is 0 Å². The highest BCUT2D eigenvalue weighted by Gasteiger charge is 2.28. The molecule has 24 heavy (non-hydrogen) atoms. The van der Waals surface area contributed by atoms with Crippen LogP contribution in [-0.4, -0.2) is 42.8 Å². The summed E-state index contributed by atoms with van der Waals surface area (Å²) in [5.74, 6) is 3.18. The smallest absolute Gasteiger partial charge is 0.137 e. The summed E-state index contributed by atoms with van der Waals surface area (Å²) in [6, 6.07) is 6.00. The maximum Gasteiger partial charge on any atom is 0.137 e. The lowest BCUT2D eigenvalue weighted by molar-refractivity contribution is 0.662. The van der Waals surface area contributed by atoms with Gasteiger partial charge in [0, 0.05) is 50.1 Å². The molecule has 1 unspecified atom stereocenters. The fourth-order valence-electron chi connectivity index (χ4n) is 3.23. The van der Waals surface area contributed by atoms with Gasteiger partial charge in [-0.05, 0) is 25.5 Å². The summed E-state index contributed by atoms with van der Waals surface area (Å²) in [5, 5.41) is 8.25. The first-order valence-electron chi connectivity index (χ1n) is 8.05. The van der Waals surface area contributed by atoms with Gasteiger partial charge in [0.25, 0.3) is 0 Å². The molecule has 0 aromatic carbocycles. The molecule has 0 amide bonds. The first-order chi connectivity index (χ1) is 11.7. The summed E-state index contributed by atoms with van der Waals surface area (Å²) in [7, 11) is 1.99. The van der Waals surface area contributed by atoms with Crippen LogP contribution >= 0.6 is 0 Å². The van der Waals surface area contributed by atoms with Gasteiger partial charge in [0.1, 0.15) is 23.8 Å². The summed E-state index contributed by atoms with van der Waals surface area (Å²) < 4.78 is 2.00. The molecule has 1 fully saturated rings. The van der Waals surface area contributed by atoms with Gasteiger partial charge in [-0.3, -0.25) is 4.98 Å². The van der Waals surface area contributed by atoms with Crippen LogP contribution in [0.1, 0.15) is 24.0 Å². The summed E-state index contributed by atoms with van der Waals surface area (Å²) in [5.41, 5.74) is 1.99. The van der Waals surface area contributed by atoms with Crippen LogP contribution in [0.3, 0.4) is 0 Å². The molecular formula is C17H19N7. The van der Waals surface area contributed by atoms with Gasteiger partial charge in [0.15, 0.2) is 0 Å². The Bertz CT molecular complexity index is 843. The molecule has 3 aromatic rings. The number of aromatic nitrogens is 6. The van der Waals surface area contributed by atoms with Crippen molar-refractivity contribution < 1.29 is 0 Å². The number of anilines is 1. The molecule has 0 spiro atoms. The second kappa shape index (κ2) is 5.99. The Morgan fingerprint density at radius 2 is 2.00 bits per heavy atom. The molecule has 0 aliphatic carbocycles. The van der Waals surface area contributed by atoms with Gasteiger partial charge in [-0.2, -0.15) is 0 Å². The Labute approximate surface area is 140 Å². The van der Waals surface area contributed by atoms with E-state index in [2.05, 4.69) is 36.1 Å². The second-order valence-corrected chi connectivity index (χ2v) is 6.13. The largest absolute Gasteiger partial charge is 0.356 e. The van der Waals surface area contributed by atoms with Crippen LogP contribution in [0.5, 0.6) is 0 Å². The lowest BCUT2D eigenvalue weighted by atomic mass is 10.1. The van der Waals surface area contributed by atoms with Crippen LogP contribution in [-0.2, 0) is 7.05 Å². The summed E-state index contributed by atoms with van der Waals surface area (Å²) in [4.78, 5) is 15.6. The van der Waals surface area contributed by atoms with Crippen LogP contribution < -0.4 is 4.90 Å². The van der Waals surface area contributed by atoms with Crippen LogP contribution in [0.4, 0.5) is 5.82 Å². The lowest BCUT2D eigenvalue weighted by Crippen LogP contribution is -2.21. The van der Waals surface area contributed by atoms with Crippen LogP contribution in [0, 0.1) is 6.92 Å². The highest BCUT2D eigenvalue weighted by atomic mass is 15.3. The molecule has 4 rings (SSSR count). The minimum absolute atomic E-state index is 0.386. The zero-order valence-corrected chi connectivity index (χ0v) is 13.8. The number of pyridine rings is 1. The molecular weight excluding hydrogens is 302 g/mol. The quantitative estimate of drug-likeness (QED) is 0.734. The number of nitrogens with zero attached hydrogens (tertiary/aromatic N) is 7. The van der Waals surface area contributed by atoms with Crippen molar-refractivity contribution in [2.24, 2.45) is 7.05 Å². The van der Waals surface area contributed by atoms with Crippen molar-refractivity contribution in [1.29, 1.82) is 0 Å². The summed E-state index contributed by atoms with van der Waals surface area (Å²) in [6.45, 7) is 3.80. The third kappa shape index (κ3) is 2.73. The van der Waals surface area contributed by atoms with E-state index < -0.39 is 0 Å². The Hall–Kier alpha value is -2.83. The molecule has 7 nitrogen and oxygen atoms in total. The molecule has 1 aliphatic heterocycles. The van der Waals surface area contributed by atoms with Crippen molar-refractivity contribution in [3.63, 3.8) is 0 Å². The molecule has 1 aliphatic rings. The van der Waals surface area contributed by atoms with Crippen LogP contribution in [0.2, 0.25) is 0 Å². The van der Waals surface area contributed by atoms with E-state index in [1.807, 2.05) is 30.7 Å². The van der Waals surface area contributed by atoms with Crippen molar-refractivity contribution in [2.75, 3.05) is 18.0 Å². The highest BCUT2D eigenvalue weighted by molar-refractivity contribution is 5.62. The normalized spacial score (nSPS) is 17.4. The fraction of sp³-hybridized carbons (Fsp3) is 0.353. The molecule has 122 valence electrons. The van der Waals surface area contributed by atoms with E-state index in [-0.39, 0.29) is 0 Å². The Kier molecular flexibility index (Phi) is 3.68. The molecule has 3 aromatic heterocycles. The van der Waals surface area contributed by atoms with E-state index in [9.17, 15) is 0 Å². The van der Waals surface area contributed by atoms with E-state index in [1.54, 1.807) is 18.7 Å².